The number of nitrogens with zero attached hydrogens (tertiary/aromatic N) is 3. The Bertz CT molecular complexity index is 1150. The lowest BCUT2D eigenvalue weighted by Gasteiger charge is -2.14. The smallest absolute Gasteiger partial charge is 0.224 e. The molecule has 3 aromatic rings. The van der Waals surface area contributed by atoms with Crippen molar-refractivity contribution in [3.05, 3.63) is 81.8 Å². The molecule has 0 saturated carbocycles. The second kappa shape index (κ2) is 9.27. The van der Waals surface area contributed by atoms with Crippen molar-refractivity contribution >= 4 is 17.4 Å². The molecule has 0 saturated heterocycles. The maximum Gasteiger partial charge on any atom is 0.224 e. The third-order valence-corrected chi connectivity index (χ3v) is 5.41. The van der Waals surface area contributed by atoms with Crippen molar-refractivity contribution < 1.29 is 13.5 Å². The maximum absolute atomic E-state index is 14.3. The lowest BCUT2D eigenvalue weighted by atomic mass is 9.96. The van der Waals surface area contributed by atoms with Gasteiger partial charge in [0.1, 0.15) is 29.3 Å². The van der Waals surface area contributed by atoms with E-state index in [1.54, 1.807) is 18.2 Å². The molecule has 0 aliphatic heterocycles. The van der Waals surface area contributed by atoms with Crippen LogP contribution in [0, 0.1) is 23.0 Å². The van der Waals surface area contributed by atoms with Gasteiger partial charge in [0.2, 0.25) is 5.28 Å². The topological polar surface area (TPSA) is 70.8 Å². The van der Waals surface area contributed by atoms with E-state index < -0.39 is 11.6 Å². The highest BCUT2D eigenvalue weighted by molar-refractivity contribution is 6.28. The Labute approximate surface area is 183 Å². The summed E-state index contributed by atoms with van der Waals surface area (Å²) in [5, 5.41) is 12.4. The summed E-state index contributed by atoms with van der Waals surface area (Å²) in [6.45, 7) is 1.00. The van der Waals surface area contributed by atoms with Crippen LogP contribution in [0.5, 0.6) is 5.75 Å². The van der Waals surface area contributed by atoms with Crippen LogP contribution in [0.25, 0.3) is 0 Å². The van der Waals surface area contributed by atoms with Crippen LogP contribution in [-0.4, -0.2) is 23.1 Å². The molecule has 1 heterocycles. The second-order valence-electron chi connectivity index (χ2n) is 7.20. The number of rotatable bonds is 7. The van der Waals surface area contributed by atoms with Crippen molar-refractivity contribution in [2.75, 3.05) is 18.5 Å². The monoisotopic (exact) mass is 440 g/mol. The highest BCUT2D eigenvalue weighted by Crippen LogP contribution is 2.41. The molecule has 0 radical (unpaired) electrons. The summed E-state index contributed by atoms with van der Waals surface area (Å²) < 4.78 is 33.3. The van der Waals surface area contributed by atoms with Gasteiger partial charge in [-0.1, -0.05) is 18.2 Å². The molecule has 5 nitrogen and oxygen atoms in total. The molecular weight excluding hydrogens is 422 g/mol. The van der Waals surface area contributed by atoms with Crippen LogP contribution in [-0.2, 0) is 6.42 Å². The van der Waals surface area contributed by atoms with E-state index in [0.717, 1.165) is 11.6 Å². The lowest BCUT2D eigenvalue weighted by Crippen LogP contribution is -2.11. The molecule has 4 rings (SSSR count). The maximum atomic E-state index is 14.3. The number of halogens is 3. The molecule has 2 aromatic carbocycles. The predicted octanol–water partition coefficient (Wildman–Crippen LogP) is 5.24. The predicted molar refractivity (Wildman–Crippen MR) is 113 cm³/mol. The van der Waals surface area contributed by atoms with Crippen LogP contribution < -0.4 is 10.1 Å². The van der Waals surface area contributed by atoms with E-state index in [1.165, 1.54) is 12.1 Å². The summed E-state index contributed by atoms with van der Waals surface area (Å²) in [6, 6.07) is 12.8. The Balaban J connectivity index is 1.42. The van der Waals surface area contributed by atoms with E-state index in [4.69, 9.17) is 21.6 Å². The zero-order valence-corrected chi connectivity index (χ0v) is 17.3. The molecule has 1 unspecified atom stereocenters. The standard InChI is InChI=1S/C23H19ClF2N4O/c24-23-29-21-17(16-7-6-15(25)12-19(16)26)8-9-18(21)22(30-23)28-10-3-11-31-20-5-2-1-4-14(20)13-27/h1-2,4-7,12,17H,3,8-11H2,(H,28,29,30). The zero-order chi connectivity index (χ0) is 21.8. The number of nitrogens with one attached hydrogen (secondary N) is 1. The summed E-state index contributed by atoms with van der Waals surface area (Å²) >= 11 is 6.13. The number of para-hydroxylation sites is 1. The van der Waals surface area contributed by atoms with Crippen molar-refractivity contribution in [2.24, 2.45) is 0 Å². The number of hydrogen-bond donors (Lipinski definition) is 1. The van der Waals surface area contributed by atoms with Crippen LogP contribution in [0.15, 0.2) is 42.5 Å². The van der Waals surface area contributed by atoms with Crippen molar-refractivity contribution in [1.29, 1.82) is 5.26 Å². The Kier molecular flexibility index (Phi) is 6.28. The molecule has 0 amide bonds. The lowest BCUT2D eigenvalue weighted by molar-refractivity contribution is 0.314. The van der Waals surface area contributed by atoms with Gasteiger partial charge in [-0.2, -0.15) is 5.26 Å². The Morgan fingerprint density at radius 1 is 1.19 bits per heavy atom. The largest absolute Gasteiger partial charge is 0.492 e. The zero-order valence-electron chi connectivity index (χ0n) is 16.5. The second-order valence-corrected chi connectivity index (χ2v) is 7.54. The molecule has 1 atom stereocenters. The van der Waals surface area contributed by atoms with Gasteiger partial charge >= 0.3 is 0 Å². The molecule has 0 bridgehead atoms. The summed E-state index contributed by atoms with van der Waals surface area (Å²) in [6.07, 6.45) is 1.99. The van der Waals surface area contributed by atoms with Crippen molar-refractivity contribution in [3.63, 3.8) is 0 Å². The van der Waals surface area contributed by atoms with Gasteiger partial charge in [0, 0.05) is 24.1 Å². The molecule has 1 aliphatic rings. The van der Waals surface area contributed by atoms with E-state index in [9.17, 15) is 8.78 Å². The molecule has 158 valence electrons. The molecule has 1 N–H and O–H groups in total. The van der Waals surface area contributed by atoms with Crippen molar-refractivity contribution in [1.82, 2.24) is 9.97 Å². The van der Waals surface area contributed by atoms with Crippen LogP contribution in [0.1, 0.15) is 41.1 Å². The number of fused-ring (bicyclic) bond motifs is 1. The minimum atomic E-state index is -0.609. The number of nitriles is 1. The van der Waals surface area contributed by atoms with Crippen LogP contribution in [0.3, 0.4) is 0 Å². The summed E-state index contributed by atoms with van der Waals surface area (Å²) in [7, 11) is 0. The normalized spacial score (nSPS) is 14.7. The minimum absolute atomic E-state index is 0.0786. The first-order chi connectivity index (χ1) is 15.1. The Hall–Kier alpha value is -3.24. The SMILES string of the molecule is N#Cc1ccccc1OCCCNc1nc(Cl)nc2c1CCC2c1ccc(F)cc1F. The van der Waals surface area contributed by atoms with Crippen molar-refractivity contribution in [3.8, 4) is 11.8 Å². The minimum Gasteiger partial charge on any atom is -0.492 e. The molecule has 0 fully saturated rings. The van der Waals surface area contributed by atoms with Gasteiger partial charge in [0.25, 0.3) is 0 Å². The van der Waals surface area contributed by atoms with Gasteiger partial charge in [0.15, 0.2) is 0 Å². The molecule has 1 aliphatic carbocycles. The van der Waals surface area contributed by atoms with Gasteiger partial charge < -0.3 is 10.1 Å². The van der Waals surface area contributed by atoms with Gasteiger partial charge in [-0.3, -0.25) is 0 Å². The fourth-order valence-corrected chi connectivity index (χ4v) is 3.99. The summed E-state index contributed by atoms with van der Waals surface area (Å²) in [5.74, 6) is -0.306. The Morgan fingerprint density at radius 2 is 2.03 bits per heavy atom. The Morgan fingerprint density at radius 3 is 2.84 bits per heavy atom. The van der Waals surface area contributed by atoms with Crippen LogP contribution >= 0.6 is 11.6 Å². The molecule has 0 spiro atoms. The van der Waals surface area contributed by atoms with E-state index in [0.29, 0.717) is 60.8 Å². The van der Waals surface area contributed by atoms with E-state index >= 15 is 0 Å². The highest BCUT2D eigenvalue weighted by Gasteiger charge is 2.31. The van der Waals surface area contributed by atoms with Gasteiger partial charge in [-0.25, -0.2) is 18.7 Å². The number of hydrogen-bond acceptors (Lipinski definition) is 5. The number of ether oxygens (including phenoxy) is 1. The third-order valence-electron chi connectivity index (χ3n) is 5.24. The van der Waals surface area contributed by atoms with Gasteiger partial charge in [-0.15, -0.1) is 0 Å². The van der Waals surface area contributed by atoms with Gasteiger partial charge in [-0.05, 0) is 54.6 Å². The quantitative estimate of drug-likeness (QED) is 0.402. The fraction of sp³-hybridized carbons (Fsp3) is 0.261. The molecule has 8 heteroatoms. The van der Waals surface area contributed by atoms with Crippen molar-refractivity contribution in [2.45, 2.75) is 25.2 Å². The number of aromatic nitrogens is 2. The first-order valence-corrected chi connectivity index (χ1v) is 10.3. The number of anilines is 1. The average molecular weight is 441 g/mol. The van der Waals surface area contributed by atoms with E-state index in [-0.39, 0.29) is 11.2 Å². The van der Waals surface area contributed by atoms with Crippen LogP contribution in [0.2, 0.25) is 5.28 Å². The highest BCUT2D eigenvalue weighted by atomic mass is 35.5. The summed E-state index contributed by atoms with van der Waals surface area (Å²) in [4.78, 5) is 8.64. The average Bonchev–Trinajstić information content (AvgIpc) is 3.17. The third kappa shape index (κ3) is 4.59. The molecular formula is C23H19ClF2N4O. The number of benzene rings is 2. The van der Waals surface area contributed by atoms with Gasteiger partial charge in [0.05, 0.1) is 17.9 Å². The summed E-state index contributed by atoms with van der Waals surface area (Å²) in [5.41, 5.74) is 2.47. The fourth-order valence-electron chi connectivity index (χ4n) is 3.81. The van der Waals surface area contributed by atoms with E-state index in [1.807, 2.05) is 6.07 Å². The molecule has 31 heavy (non-hydrogen) atoms. The van der Waals surface area contributed by atoms with Crippen LogP contribution in [0.4, 0.5) is 14.6 Å². The van der Waals surface area contributed by atoms with E-state index in [2.05, 4.69) is 21.4 Å². The first-order valence-electron chi connectivity index (χ1n) is 9.94. The molecule has 1 aromatic heterocycles. The first kappa shape index (κ1) is 21.0.